The average molecular weight is 415 g/mol. The van der Waals surface area contributed by atoms with E-state index >= 15 is 0 Å². The topological polar surface area (TPSA) is 87.4 Å². The van der Waals surface area contributed by atoms with Gasteiger partial charge in [-0.3, -0.25) is 9.59 Å². The predicted octanol–water partition coefficient (Wildman–Crippen LogP) is 3.13. The number of nitriles is 1. The standard InChI is InChI=1S/C23H34N4O3/c1-17-13-20(19(3)27(17)18(2)16-30-4)14-21(15-24)23(29)25-10-9-22(28)26-11-7-5-6-8-12-26/h13-14,18H,5-12,16H2,1-4H3,(H,25,29)/b21-14-. The van der Waals surface area contributed by atoms with Crippen LogP contribution in [0.25, 0.3) is 6.08 Å². The van der Waals surface area contributed by atoms with Gasteiger partial charge in [-0.15, -0.1) is 0 Å². The third kappa shape index (κ3) is 6.20. The fraction of sp³-hybridized carbons (Fsp3) is 0.609. The Kier molecular flexibility index (Phi) is 9.13. The van der Waals surface area contributed by atoms with Crippen LogP contribution in [0.15, 0.2) is 11.6 Å². The van der Waals surface area contributed by atoms with Crippen molar-refractivity contribution in [2.45, 2.75) is 58.9 Å². The minimum Gasteiger partial charge on any atom is -0.383 e. The molecule has 1 fully saturated rings. The number of carbonyl (C=O) groups is 2. The molecule has 30 heavy (non-hydrogen) atoms. The van der Waals surface area contributed by atoms with Gasteiger partial charge in [-0.2, -0.15) is 5.26 Å². The van der Waals surface area contributed by atoms with Crippen LogP contribution in [0.4, 0.5) is 0 Å². The van der Waals surface area contributed by atoms with E-state index in [4.69, 9.17) is 4.74 Å². The Bertz CT molecular complexity index is 811. The summed E-state index contributed by atoms with van der Waals surface area (Å²) in [6.07, 6.45) is 6.29. The van der Waals surface area contributed by atoms with Gasteiger partial charge in [-0.05, 0) is 51.3 Å². The lowest BCUT2D eigenvalue weighted by molar-refractivity contribution is -0.131. The summed E-state index contributed by atoms with van der Waals surface area (Å²) in [4.78, 5) is 26.7. The van der Waals surface area contributed by atoms with E-state index < -0.39 is 5.91 Å². The van der Waals surface area contributed by atoms with E-state index in [1.165, 1.54) is 12.8 Å². The third-order valence-corrected chi connectivity index (χ3v) is 5.62. The number of likely N-dealkylation sites (tertiary alicyclic amines) is 1. The minimum absolute atomic E-state index is 0.0388. The second-order valence-electron chi connectivity index (χ2n) is 7.97. The van der Waals surface area contributed by atoms with E-state index in [0.29, 0.717) is 6.61 Å². The monoisotopic (exact) mass is 414 g/mol. The number of carbonyl (C=O) groups excluding carboxylic acids is 2. The molecule has 2 rings (SSSR count). The van der Waals surface area contributed by atoms with Crippen molar-refractivity contribution in [1.82, 2.24) is 14.8 Å². The number of rotatable bonds is 8. The molecular weight excluding hydrogens is 380 g/mol. The summed E-state index contributed by atoms with van der Waals surface area (Å²) in [5, 5.41) is 12.2. The molecule has 1 atom stereocenters. The Morgan fingerprint density at radius 1 is 1.27 bits per heavy atom. The molecule has 7 heteroatoms. The van der Waals surface area contributed by atoms with Crippen molar-refractivity contribution in [2.24, 2.45) is 0 Å². The highest BCUT2D eigenvalue weighted by Crippen LogP contribution is 2.22. The molecule has 0 bridgehead atoms. The molecule has 1 aromatic rings. The molecule has 0 aliphatic carbocycles. The SMILES string of the molecule is COCC(C)n1c(C)cc(/C=C(/C#N)C(=O)NCCC(=O)N2CCCCCC2)c1C. The molecule has 164 valence electrons. The molecule has 1 unspecified atom stereocenters. The van der Waals surface area contributed by atoms with Gasteiger partial charge in [-0.1, -0.05) is 12.8 Å². The highest BCUT2D eigenvalue weighted by molar-refractivity contribution is 6.02. The minimum atomic E-state index is -0.448. The molecule has 1 saturated heterocycles. The lowest BCUT2D eigenvalue weighted by atomic mass is 10.1. The van der Waals surface area contributed by atoms with Crippen LogP contribution < -0.4 is 5.32 Å². The largest absolute Gasteiger partial charge is 0.383 e. The van der Waals surface area contributed by atoms with Crippen LogP contribution in [0.1, 0.15) is 62.0 Å². The molecule has 2 amide bonds. The Hall–Kier alpha value is -2.59. The summed E-state index contributed by atoms with van der Waals surface area (Å²) in [5.74, 6) is -0.383. The molecule has 0 aromatic carbocycles. The molecule has 0 radical (unpaired) electrons. The molecule has 1 N–H and O–H groups in total. The van der Waals surface area contributed by atoms with Crippen molar-refractivity contribution in [2.75, 3.05) is 33.4 Å². The van der Waals surface area contributed by atoms with Crippen molar-refractivity contribution in [3.05, 3.63) is 28.6 Å². The number of methoxy groups -OCH3 is 1. The predicted molar refractivity (Wildman–Crippen MR) is 117 cm³/mol. The Morgan fingerprint density at radius 2 is 1.93 bits per heavy atom. The quantitative estimate of drug-likeness (QED) is 0.523. The normalized spacial score (nSPS) is 16.0. The number of aryl methyl sites for hydroxylation is 1. The Balaban J connectivity index is 1.99. The first-order chi connectivity index (χ1) is 14.4. The number of nitrogens with one attached hydrogen (secondary N) is 1. The van der Waals surface area contributed by atoms with Gasteiger partial charge in [0.15, 0.2) is 0 Å². The maximum atomic E-state index is 12.5. The van der Waals surface area contributed by atoms with E-state index in [-0.39, 0.29) is 30.5 Å². The van der Waals surface area contributed by atoms with Crippen LogP contribution in [0.5, 0.6) is 0 Å². The zero-order valence-corrected chi connectivity index (χ0v) is 18.7. The van der Waals surface area contributed by atoms with Crippen molar-refractivity contribution < 1.29 is 14.3 Å². The number of hydrogen-bond acceptors (Lipinski definition) is 4. The number of ether oxygens (including phenoxy) is 1. The third-order valence-electron chi connectivity index (χ3n) is 5.62. The van der Waals surface area contributed by atoms with Crippen LogP contribution in [-0.2, 0) is 14.3 Å². The number of amides is 2. The second-order valence-corrected chi connectivity index (χ2v) is 7.97. The molecule has 7 nitrogen and oxygen atoms in total. The van der Waals surface area contributed by atoms with Gasteiger partial charge in [0.1, 0.15) is 11.6 Å². The van der Waals surface area contributed by atoms with Crippen LogP contribution >= 0.6 is 0 Å². The van der Waals surface area contributed by atoms with Crippen LogP contribution in [0.2, 0.25) is 0 Å². The van der Waals surface area contributed by atoms with Gasteiger partial charge in [0, 0.05) is 44.6 Å². The van der Waals surface area contributed by atoms with E-state index in [1.54, 1.807) is 13.2 Å². The van der Waals surface area contributed by atoms with Crippen molar-refractivity contribution in [3.8, 4) is 6.07 Å². The first kappa shape index (κ1) is 23.7. The fourth-order valence-corrected chi connectivity index (χ4v) is 4.10. The van der Waals surface area contributed by atoms with Gasteiger partial charge in [0.2, 0.25) is 5.91 Å². The zero-order valence-electron chi connectivity index (χ0n) is 18.7. The molecule has 0 saturated carbocycles. The summed E-state index contributed by atoms with van der Waals surface area (Å²) in [7, 11) is 1.67. The summed E-state index contributed by atoms with van der Waals surface area (Å²) in [6.45, 7) is 8.44. The zero-order chi connectivity index (χ0) is 22.1. The summed E-state index contributed by atoms with van der Waals surface area (Å²) in [6, 6.07) is 4.11. The number of hydrogen-bond donors (Lipinski definition) is 1. The average Bonchev–Trinajstić information content (AvgIpc) is 2.89. The number of aromatic nitrogens is 1. The van der Waals surface area contributed by atoms with Gasteiger partial charge >= 0.3 is 0 Å². The van der Waals surface area contributed by atoms with Crippen LogP contribution in [0.3, 0.4) is 0 Å². The smallest absolute Gasteiger partial charge is 0.261 e. The summed E-state index contributed by atoms with van der Waals surface area (Å²) in [5.41, 5.74) is 2.90. The van der Waals surface area contributed by atoms with E-state index in [1.807, 2.05) is 30.9 Å². The molecule has 0 spiro atoms. The van der Waals surface area contributed by atoms with Crippen molar-refractivity contribution >= 4 is 17.9 Å². The maximum Gasteiger partial charge on any atom is 0.261 e. The van der Waals surface area contributed by atoms with Gasteiger partial charge < -0.3 is 19.5 Å². The maximum absolute atomic E-state index is 12.5. The van der Waals surface area contributed by atoms with E-state index in [0.717, 1.165) is 42.9 Å². The van der Waals surface area contributed by atoms with E-state index in [9.17, 15) is 14.9 Å². The van der Waals surface area contributed by atoms with Gasteiger partial charge in [-0.25, -0.2) is 0 Å². The molecule has 1 aliphatic rings. The van der Waals surface area contributed by atoms with Gasteiger partial charge in [0.25, 0.3) is 5.91 Å². The lowest BCUT2D eigenvalue weighted by Crippen LogP contribution is -2.35. The summed E-state index contributed by atoms with van der Waals surface area (Å²) < 4.78 is 7.39. The second kappa shape index (κ2) is 11.6. The molecule has 2 heterocycles. The first-order valence-corrected chi connectivity index (χ1v) is 10.7. The highest BCUT2D eigenvalue weighted by Gasteiger charge is 2.18. The van der Waals surface area contributed by atoms with Crippen molar-refractivity contribution in [1.29, 1.82) is 5.26 Å². The highest BCUT2D eigenvalue weighted by atomic mass is 16.5. The van der Waals surface area contributed by atoms with Crippen LogP contribution in [0, 0.1) is 25.2 Å². The molecule has 1 aromatic heterocycles. The van der Waals surface area contributed by atoms with E-state index in [2.05, 4.69) is 16.8 Å². The molecular formula is C23H34N4O3. The summed E-state index contributed by atoms with van der Waals surface area (Å²) >= 11 is 0. The van der Waals surface area contributed by atoms with Gasteiger partial charge in [0.05, 0.1) is 12.6 Å². The Labute approximate surface area is 179 Å². The van der Waals surface area contributed by atoms with Crippen LogP contribution in [-0.4, -0.2) is 54.6 Å². The number of nitrogens with zero attached hydrogens (tertiary/aromatic N) is 3. The Morgan fingerprint density at radius 3 is 2.53 bits per heavy atom. The molecule has 1 aliphatic heterocycles. The fourth-order valence-electron chi connectivity index (χ4n) is 4.10. The first-order valence-electron chi connectivity index (χ1n) is 10.7. The lowest BCUT2D eigenvalue weighted by Gasteiger charge is -2.20. The van der Waals surface area contributed by atoms with Crippen molar-refractivity contribution in [3.63, 3.8) is 0 Å².